The molecule has 1 aliphatic rings. The van der Waals surface area contributed by atoms with Crippen LogP contribution >= 0.6 is 0 Å². The lowest BCUT2D eigenvalue weighted by atomic mass is 10.1. The maximum Gasteiger partial charge on any atom is 0.294 e. The van der Waals surface area contributed by atoms with Crippen LogP contribution in [0.15, 0.2) is 40.5 Å². The minimum absolute atomic E-state index is 0.136. The molecule has 1 fully saturated rings. The third-order valence-corrected chi connectivity index (χ3v) is 6.45. The minimum atomic E-state index is -1.61. The Morgan fingerprint density at radius 1 is 1.19 bits per heavy atom. The molecule has 186 valence electrons. The molecule has 0 amide bonds. The van der Waals surface area contributed by atoms with E-state index in [2.05, 4.69) is 35.2 Å². The van der Waals surface area contributed by atoms with Gasteiger partial charge in [0, 0.05) is 12.5 Å². The lowest BCUT2D eigenvalue weighted by Crippen LogP contribution is -2.28. The van der Waals surface area contributed by atoms with Gasteiger partial charge >= 0.3 is 0 Å². The van der Waals surface area contributed by atoms with Gasteiger partial charge in [0.1, 0.15) is 17.4 Å². The van der Waals surface area contributed by atoms with E-state index < -0.39 is 11.4 Å². The molecule has 0 aliphatic heterocycles. The lowest BCUT2D eigenvalue weighted by Gasteiger charge is -2.15. The Morgan fingerprint density at radius 3 is 2.67 bits per heavy atom. The summed E-state index contributed by atoms with van der Waals surface area (Å²) in [6, 6.07) is 3.31. The molecule has 0 bridgehead atoms. The summed E-state index contributed by atoms with van der Waals surface area (Å²) < 4.78 is 12.9. The standard InChI is InChI=1S/C23H25N9O3S/c1-12(2)10-32-21-16(9-27-19(31-21)17-18(13-3-4-13)28-11-29-22(17)33)30-20(23(32)34)26-7-14-5-6-15(8-25-14)36(24)35/h5-6,8-9,11-13H,3-4,7,10,24H2,1-2H3,(H,26,30)(H,28,29,33). The molecule has 36 heavy (non-hydrogen) atoms. The highest BCUT2D eigenvalue weighted by Crippen LogP contribution is 2.44. The minimum Gasteiger partial charge on any atom is -0.593 e. The summed E-state index contributed by atoms with van der Waals surface area (Å²) in [5.74, 6) is 0.595. The number of anilines is 1. The average molecular weight is 508 g/mol. The third kappa shape index (κ3) is 4.85. The van der Waals surface area contributed by atoms with E-state index in [1.807, 2.05) is 13.8 Å². The second-order valence-electron chi connectivity index (χ2n) is 9.04. The Balaban J connectivity index is 1.54. The van der Waals surface area contributed by atoms with Gasteiger partial charge in [-0.2, -0.15) is 0 Å². The van der Waals surface area contributed by atoms with Crippen molar-refractivity contribution in [3.63, 3.8) is 0 Å². The van der Waals surface area contributed by atoms with Crippen LogP contribution in [0.3, 0.4) is 0 Å². The van der Waals surface area contributed by atoms with Crippen LogP contribution in [-0.2, 0) is 24.5 Å². The predicted molar refractivity (Wildman–Crippen MR) is 133 cm³/mol. The van der Waals surface area contributed by atoms with Crippen LogP contribution in [0.25, 0.3) is 22.6 Å². The summed E-state index contributed by atoms with van der Waals surface area (Å²) in [7, 11) is 0. The molecule has 0 saturated heterocycles. The van der Waals surface area contributed by atoms with Gasteiger partial charge < -0.3 is 15.0 Å². The summed E-state index contributed by atoms with van der Waals surface area (Å²) in [5.41, 5.74) is 2.18. The lowest BCUT2D eigenvalue weighted by molar-refractivity contribution is 0.452. The van der Waals surface area contributed by atoms with Crippen molar-refractivity contribution in [2.75, 3.05) is 5.32 Å². The molecule has 4 aromatic heterocycles. The van der Waals surface area contributed by atoms with Crippen molar-refractivity contribution in [3.05, 3.63) is 52.6 Å². The van der Waals surface area contributed by atoms with Gasteiger partial charge in [0.15, 0.2) is 22.2 Å². The Bertz CT molecular complexity index is 1470. The zero-order chi connectivity index (χ0) is 25.4. The molecular weight excluding hydrogens is 482 g/mol. The quantitative estimate of drug-likeness (QED) is 0.296. The normalized spacial score (nSPS) is 14.4. The highest BCUT2D eigenvalue weighted by atomic mass is 32.2. The van der Waals surface area contributed by atoms with Crippen LogP contribution in [0.1, 0.15) is 44.0 Å². The van der Waals surface area contributed by atoms with Gasteiger partial charge in [-0.1, -0.05) is 13.8 Å². The van der Waals surface area contributed by atoms with Crippen molar-refractivity contribution in [2.45, 2.75) is 50.6 Å². The summed E-state index contributed by atoms with van der Waals surface area (Å²) in [4.78, 5) is 39.9. The van der Waals surface area contributed by atoms with Gasteiger partial charge in [-0.25, -0.2) is 24.9 Å². The molecule has 0 aromatic carbocycles. The van der Waals surface area contributed by atoms with Gasteiger partial charge in [-0.3, -0.25) is 14.3 Å². The SMILES string of the molecule is CC(C)Cn1c(=O)c(NCc2ccc([S+](N)[O-])cn2)nc2cnc(-c3c(O)ncnc3C3CC3)nc21. The zero-order valence-electron chi connectivity index (χ0n) is 19.7. The van der Waals surface area contributed by atoms with E-state index in [0.717, 1.165) is 12.8 Å². The number of hydrogen-bond donors (Lipinski definition) is 3. The Hall–Kier alpha value is -3.68. The number of aromatic nitrogens is 7. The maximum atomic E-state index is 13.4. The van der Waals surface area contributed by atoms with Crippen molar-refractivity contribution in [1.82, 2.24) is 34.5 Å². The molecule has 0 spiro atoms. The molecule has 4 heterocycles. The topological polar surface area (TPSA) is 181 Å². The van der Waals surface area contributed by atoms with Gasteiger partial charge in [0.25, 0.3) is 5.56 Å². The number of pyridine rings is 1. The molecular formula is C23H25N9O3S. The first-order valence-electron chi connectivity index (χ1n) is 11.5. The fraction of sp³-hybridized carbons (Fsp3) is 0.348. The molecule has 1 unspecified atom stereocenters. The Labute approximate surface area is 209 Å². The Morgan fingerprint density at radius 2 is 2.00 bits per heavy atom. The molecule has 4 N–H and O–H groups in total. The first-order chi connectivity index (χ1) is 17.3. The monoisotopic (exact) mass is 507 g/mol. The number of nitrogens with two attached hydrogens (primary N) is 1. The molecule has 1 atom stereocenters. The molecule has 5 rings (SSSR count). The molecule has 13 heteroatoms. The summed E-state index contributed by atoms with van der Waals surface area (Å²) >= 11 is -1.61. The van der Waals surface area contributed by atoms with Crippen molar-refractivity contribution in [3.8, 4) is 17.3 Å². The number of nitrogens with one attached hydrogen (secondary N) is 1. The van der Waals surface area contributed by atoms with Crippen molar-refractivity contribution in [1.29, 1.82) is 0 Å². The van der Waals surface area contributed by atoms with Crippen LogP contribution in [0.2, 0.25) is 0 Å². The maximum absolute atomic E-state index is 13.4. The first kappa shape index (κ1) is 24.0. The number of fused-ring (bicyclic) bond motifs is 1. The van der Waals surface area contributed by atoms with Crippen LogP contribution in [0, 0.1) is 5.92 Å². The fourth-order valence-electron chi connectivity index (χ4n) is 3.89. The van der Waals surface area contributed by atoms with E-state index in [0.29, 0.717) is 39.6 Å². The summed E-state index contributed by atoms with van der Waals surface area (Å²) in [6.45, 7) is 4.64. The third-order valence-electron chi connectivity index (χ3n) is 5.74. The van der Waals surface area contributed by atoms with Gasteiger partial charge in [0.2, 0.25) is 5.88 Å². The molecule has 1 saturated carbocycles. The molecule has 12 nitrogen and oxygen atoms in total. The van der Waals surface area contributed by atoms with Crippen LogP contribution in [0.4, 0.5) is 5.82 Å². The second kappa shape index (κ2) is 9.76. The van der Waals surface area contributed by atoms with Crippen LogP contribution in [0.5, 0.6) is 5.88 Å². The predicted octanol–water partition coefficient (Wildman–Crippen LogP) is 1.87. The average Bonchev–Trinajstić information content (AvgIpc) is 3.70. The van der Waals surface area contributed by atoms with E-state index in [1.165, 1.54) is 18.7 Å². The van der Waals surface area contributed by atoms with Crippen LogP contribution in [-0.4, -0.2) is 44.1 Å². The van der Waals surface area contributed by atoms with E-state index in [9.17, 15) is 14.5 Å². The van der Waals surface area contributed by atoms with E-state index in [1.54, 1.807) is 16.7 Å². The highest BCUT2D eigenvalue weighted by Gasteiger charge is 2.31. The van der Waals surface area contributed by atoms with Crippen molar-refractivity contribution >= 4 is 28.3 Å². The summed E-state index contributed by atoms with van der Waals surface area (Å²) in [5, 5.41) is 18.9. The number of nitrogens with zero attached hydrogens (tertiary/aromatic N) is 7. The zero-order valence-corrected chi connectivity index (χ0v) is 20.6. The summed E-state index contributed by atoms with van der Waals surface area (Å²) in [6.07, 6.45) is 6.26. The Kier molecular flexibility index (Phi) is 6.51. The number of rotatable bonds is 8. The number of hydrogen-bond acceptors (Lipinski definition) is 11. The molecule has 0 radical (unpaired) electrons. The number of aromatic hydroxyl groups is 1. The van der Waals surface area contributed by atoms with Gasteiger partial charge in [0.05, 0.1) is 41.7 Å². The van der Waals surface area contributed by atoms with Gasteiger partial charge in [-0.15, -0.1) is 5.14 Å². The molecule has 1 aliphatic carbocycles. The van der Waals surface area contributed by atoms with Gasteiger partial charge in [-0.05, 0) is 30.9 Å². The van der Waals surface area contributed by atoms with E-state index >= 15 is 0 Å². The largest absolute Gasteiger partial charge is 0.593 e. The van der Waals surface area contributed by atoms with Crippen molar-refractivity contribution < 1.29 is 9.66 Å². The van der Waals surface area contributed by atoms with Crippen molar-refractivity contribution in [2.24, 2.45) is 11.1 Å². The van der Waals surface area contributed by atoms with E-state index in [-0.39, 0.29) is 41.5 Å². The highest BCUT2D eigenvalue weighted by molar-refractivity contribution is 7.89. The fourth-order valence-corrected chi connectivity index (χ4v) is 4.24. The van der Waals surface area contributed by atoms with Crippen LogP contribution < -0.4 is 16.0 Å². The first-order valence-corrected chi connectivity index (χ1v) is 12.7. The molecule has 4 aromatic rings. The smallest absolute Gasteiger partial charge is 0.294 e. The van der Waals surface area contributed by atoms with E-state index in [4.69, 9.17) is 5.14 Å². The second-order valence-corrected chi connectivity index (χ2v) is 10.1.